The number of aromatic nitrogens is 1. The van der Waals surface area contributed by atoms with Crippen LogP contribution in [0.4, 0.5) is 0 Å². The van der Waals surface area contributed by atoms with Crippen LogP contribution in [0, 0.1) is 6.92 Å². The summed E-state index contributed by atoms with van der Waals surface area (Å²) in [6.45, 7) is 6.15. The molecule has 0 saturated heterocycles. The molecule has 1 heterocycles. The van der Waals surface area contributed by atoms with Crippen molar-refractivity contribution in [3.05, 3.63) is 11.1 Å². The van der Waals surface area contributed by atoms with Gasteiger partial charge in [0.25, 0.3) is 0 Å². The molecule has 0 radical (unpaired) electrons. The van der Waals surface area contributed by atoms with E-state index in [4.69, 9.17) is 5.73 Å². The van der Waals surface area contributed by atoms with E-state index < -0.39 is 5.60 Å². The number of rotatable bonds is 5. The Kier molecular flexibility index (Phi) is 4.58. The van der Waals surface area contributed by atoms with Gasteiger partial charge >= 0.3 is 0 Å². The van der Waals surface area contributed by atoms with Crippen LogP contribution >= 0.6 is 23.1 Å². The third-order valence-electron chi connectivity index (χ3n) is 2.07. The maximum absolute atomic E-state index is 9.82. The molecule has 0 aromatic carbocycles. The van der Waals surface area contributed by atoms with E-state index in [1.54, 1.807) is 30.0 Å². The normalized spacial score (nSPS) is 17.4. The number of aliphatic hydroxyl groups is 1. The molecule has 0 aliphatic heterocycles. The van der Waals surface area contributed by atoms with Crippen molar-refractivity contribution in [2.75, 3.05) is 6.54 Å². The van der Waals surface area contributed by atoms with E-state index in [0.717, 1.165) is 10.0 Å². The van der Waals surface area contributed by atoms with Crippen molar-refractivity contribution in [2.45, 2.75) is 42.4 Å². The number of aryl methyl sites for hydroxylation is 1. The summed E-state index contributed by atoms with van der Waals surface area (Å²) in [5.74, 6) is 0. The smallest absolute Gasteiger partial charge is 0.150 e. The van der Waals surface area contributed by atoms with Crippen molar-refractivity contribution < 1.29 is 5.11 Å². The van der Waals surface area contributed by atoms with Crippen LogP contribution in [0.1, 0.15) is 26.0 Å². The second kappa shape index (κ2) is 5.30. The second-order valence-corrected chi connectivity index (χ2v) is 6.63. The predicted octanol–water partition coefficient (Wildman–Crippen LogP) is 2.03. The molecule has 2 atom stereocenters. The third-order valence-corrected chi connectivity index (χ3v) is 4.26. The van der Waals surface area contributed by atoms with Gasteiger partial charge in [-0.2, -0.15) is 0 Å². The minimum absolute atomic E-state index is 0.300. The molecular weight excluding hydrogens is 228 g/mol. The SMILES string of the molecule is Cc1csc(SC(C)CC(C)(O)CN)n1. The van der Waals surface area contributed by atoms with Crippen molar-refractivity contribution in [3.63, 3.8) is 0 Å². The molecule has 0 saturated carbocycles. The van der Waals surface area contributed by atoms with Crippen LogP contribution < -0.4 is 5.73 Å². The number of hydrogen-bond acceptors (Lipinski definition) is 5. The summed E-state index contributed by atoms with van der Waals surface area (Å²) < 4.78 is 1.06. The molecule has 0 aliphatic carbocycles. The predicted molar refractivity (Wildman–Crippen MR) is 66.5 cm³/mol. The van der Waals surface area contributed by atoms with Crippen molar-refractivity contribution >= 4 is 23.1 Å². The number of thiazole rings is 1. The lowest BCUT2D eigenvalue weighted by atomic mass is 10.0. The molecular formula is C10H18N2OS2. The summed E-state index contributed by atoms with van der Waals surface area (Å²) in [7, 11) is 0. The molecule has 3 N–H and O–H groups in total. The Bertz CT molecular complexity index is 312. The Labute approximate surface area is 99.1 Å². The van der Waals surface area contributed by atoms with Gasteiger partial charge < -0.3 is 10.8 Å². The zero-order valence-corrected chi connectivity index (χ0v) is 11.0. The molecule has 1 aromatic rings. The summed E-state index contributed by atoms with van der Waals surface area (Å²) in [6.07, 6.45) is 0.687. The average Bonchev–Trinajstić information content (AvgIpc) is 2.50. The van der Waals surface area contributed by atoms with Crippen LogP contribution in [0.15, 0.2) is 9.72 Å². The number of nitrogens with two attached hydrogens (primary N) is 1. The molecule has 0 aliphatic rings. The van der Waals surface area contributed by atoms with Gasteiger partial charge in [0.05, 0.1) is 5.60 Å². The molecule has 0 fully saturated rings. The maximum atomic E-state index is 9.82. The van der Waals surface area contributed by atoms with Gasteiger partial charge in [0.1, 0.15) is 4.34 Å². The first kappa shape index (κ1) is 13.0. The van der Waals surface area contributed by atoms with Crippen molar-refractivity contribution in [1.29, 1.82) is 0 Å². The van der Waals surface area contributed by atoms with Crippen LogP contribution in [-0.2, 0) is 0 Å². The Morgan fingerprint density at radius 2 is 2.40 bits per heavy atom. The monoisotopic (exact) mass is 246 g/mol. The highest BCUT2D eigenvalue weighted by Gasteiger charge is 2.22. The molecule has 86 valence electrons. The minimum atomic E-state index is -0.765. The first-order chi connectivity index (χ1) is 6.93. The zero-order valence-electron chi connectivity index (χ0n) is 9.36. The number of thioether (sulfide) groups is 1. The zero-order chi connectivity index (χ0) is 11.5. The van der Waals surface area contributed by atoms with E-state index in [2.05, 4.69) is 11.9 Å². The molecule has 1 aromatic heterocycles. The van der Waals surface area contributed by atoms with Gasteiger partial charge in [-0.15, -0.1) is 11.3 Å². The fraction of sp³-hybridized carbons (Fsp3) is 0.700. The standard InChI is InChI=1S/C10H18N2OS2/c1-7-5-14-9(12-7)15-8(2)4-10(3,13)6-11/h5,8,13H,4,6,11H2,1-3H3. The largest absolute Gasteiger partial charge is 0.389 e. The molecule has 0 spiro atoms. The Morgan fingerprint density at radius 3 is 2.87 bits per heavy atom. The quantitative estimate of drug-likeness (QED) is 0.781. The van der Waals surface area contributed by atoms with Crippen LogP contribution in [-0.4, -0.2) is 27.5 Å². The molecule has 0 bridgehead atoms. The summed E-state index contributed by atoms with van der Waals surface area (Å²) >= 11 is 3.35. The van der Waals surface area contributed by atoms with Crippen molar-refractivity contribution in [2.24, 2.45) is 5.73 Å². The Morgan fingerprint density at radius 1 is 1.73 bits per heavy atom. The van der Waals surface area contributed by atoms with Gasteiger partial charge in [-0.1, -0.05) is 18.7 Å². The van der Waals surface area contributed by atoms with Gasteiger partial charge in [-0.25, -0.2) is 4.98 Å². The van der Waals surface area contributed by atoms with E-state index in [1.807, 2.05) is 12.3 Å². The fourth-order valence-corrected chi connectivity index (χ4v) is 3.67. The average molecular weight is 246 g/mol. The highest BCUT2D eigenvalue weighted by Crippen LogP contribution is 2.30. The minimum Gasteiger partial charge on any atom is -0.389 e. The van der Waals surface area contributed by atoms with Gasteiger partial charge in [0, 0.05) is 22.9 Å². The van der Waals surface area contributed by atoms with Gasteiger partial charge in [0.2, 0.25) is 0 Å². The lowest BCUT2D eigenvalue weighted by Crippen LogP contribution is -2.36. The molecule has 3 nitrogen and oxygen atoms in total. The molecule has 2 unspecified atom stereocenters. The summed E-state index contributed by atoms with van der Waals surface area (Å²) in [5.41, 5.74) is 5.77. The number of hydrogen-bond donors (Lipinski definition) is 2. The van der Waals surface area contributed by atoms with Gasteiger partial charge in [-0.05, 0) is 20.3 Å². The molecule has 15 heavy (non-hydrogen) atoms. The lowest BCUT2D eigenvalue weighted by molar-refractivity contribution is 0.0608. The first-order valence-corrected chi connectivity index (χ1v) is 6.70. The summed E-state index contributed by atoms with van der Waals surface area (Å²) in [4.78, 5) is 4.38. The van der Waals surface area contributed by atoms with Crippen LogP contribution in [0.5, 0.6) is 0 Å². The molecule has 0 amide bonds. The summed E-state index contributed by atoms with van der Waals surface area (Å²) in [6, 6.07) is 0. The Balaban J connectivity index is 2.46. The summed E-state index contributed by atoms with van der Waals surface area (Å²) in [5, 5.41) is 12.2. The highest BCUT2D eigenvalue weighted by molar-refractivity contribution is 8.01. The Hall–Kier alpha value is -0.100. The van der Waals surface area contributed by atoms with E-state index in [1.165, 1.54) is 0 Å². The lowest BCUT2D eigenvalue weighted by Gasteiger charge is -2.24. The fourth-order valence-electron chi connectivity index (χ4n) is 1.30. The third kappa shape index (κ3) is 4.51. The highest BCUT2D eigenvalue weighted by atomic mass is 32.2. The van der Waals surface area contributed by atoms with E-state index in [0.29, 0.717) is 18.2 Å². The van der Waals surface area contributed by atoms with Crippen LogP contribution in [0.25, 0.3) is 0 Å². The number of nitrogens with zero attached hydrogens (tertiary/aromatic N) is 1. The van der Waals surface area contributed by atoms with E-state index in [9.17, 15) is 5.11 Å². The van der Waals surface area contributed by atoms with Crippen LogP contribution in [0.3, 0.4) is 0 Å². The van der Waals surface area contributed by atoms with Crippen molar-refractivity contribution in [1.82, 2.24) is 4.98 Å². The van der Waals surface area contributed by atoms with Gasteiger partial charge in [0.15, 0.2) is 0 Å². The molecule has 5 heteroatoms. The topological polar surface area (TPSA) is 59.1 Å². The second-order valence-electron chi connectivity index (χ2n) is 4.09. The van der Waals surface area contributed by atoms with Crippen LogP contribution in [0.2, 0.25) is 0 Å². The first-order valence-electron chi connectivity index (χ1n) is 4.94. The van der Waals surface area contributed by atoms with Gasteiger partial charge in [-0.3, -0.25) is 0 Å². The van der Waals surface area contributed by atoms with Crippen molar-refractivity contribution in [3.8, 4) is 0 Å². The van der Waals surface area contributed by atoms with E-state index in [-0.39, 0.29) is 0 Å². The maximum Gasteiger partial charge on any atom is 0.150 e. The van der Waals surface area contributed by atoms with E-state index >= 15 is 0 Å². The molecule has 1 rings (SSSR count).